The summed E-state index contributed by atoms with van der Waals surface area (Å²) >= 11 is 5.22. The number of H-pyrrole nitrogens is 1. The molecule has 128 valence electrons. The minimum Gasteiger partial charge on any atom is -0.360 e. The number of benzene rings is 2. The number of thiocarbonyl (C=S) groups is 1. The van der Waals surface area contributed by atoms with E-state index in [1.807, 2.05) is 36.4 Å². The van der Waals surface area contributed by atoms with Crippen LogP contribution < -0.4 is 16.2 Å². The molecule has 2 aromatic carbocycles. The number of aromatic nitrogens is 1. The third kappa shape index (κ3) is 3.97. The second-order valence-electron chi connectivity index (χ2n) is 6.06. The van der Waals surface area contributed by atoms with E-state index in [1.165, 1.54) is 5.56 Å². The number of anilines is 1. The van der Waals surface area contributed by atoms with Crippen molar-refractivity contribution in [3.8, 4) is 0 Å². The summed E-state index contributed by atoms with van der Waals surface area (Å²) in [7, 11) is 0. The lowest BCUT2D eigenvalue weighted by Crippen LogP contribution is -2.43. The first-order valence-electron chi connectivity index (χ1n) is 8.08. The molecular formula is C19H20N4OS. The summed E-state index contributed by atoms with van der Waals surface area (Å²) in [6.45, 7) is 4.30. The van der Waals surface area contributed by atoms with E-state index < -0.39 is 0 Å². The van der Waals surface area contributed by atoms with Crippen LogP contribution in [-0.4, -0.2) is 16.0 Å². The Bertz CT molecular complexity index is 899. The molecule has 25 heavy (non-hydrogen) atoms. The minimum atomic E-state index is -0.253. The molecule has 3 rings (SSSR count). The van der Waals surface area contributed by atoms with Crippen molar-refractivity contribution in [1.29, 1.82) is 0 Å². The Morgan fingerprint density at radius 3 is 2.48 bits per heavy atom. The average Bonchev–Trinajstić information content (AvgIpc) is 3.04. The van der Waals surface area contributed by atoms with Gasteiger partial charge >= 0.3 is 0 Å². The van der Waals surface area contributed by atoms with Gasteiger partial charge in [0.1, 0.15) is 0 Å². The smallest absolute Gasteiger partial charge is 0.271 e. The van der Waals surface area contributed by atoms with Crippen LogP contribution in [0.25, 0.3) is 10.9 Å². The fraction of sp³-hybridized carbons (Fsp3) is 0.158. The summed E-state index contributed by atoms with van der Waals surface area (Å²) in [5.41, 5.74) is 8.95. The van der Waals surface area contributed by atoms with Gasteiger partial charge in [-0.2, -0.15) is 0 Å². The molecule has 0 bridgehead atoms. The maximum absolute atomic E-state index is 12.3. The van der Waals surface area contributed by atoms with E-state index in [2.05, 4.69) is 47.1 Å². The molecular weight excluding hydrogens is 332 g/mol. The summed E-state index contributed by atoms with van der Waals surface area (Å²) in [4.78, 5) is 15.4. The Hall–Kier alpha value is -2.86. The summed E-state index contributed by atoms with van der Waals surface area (Å²) in [6.07, 6.45) is 1.68. The number of hydrazine groups is 1. The molecule has 4 N–H and O–H groups in total. The molecule has 0 aliphatic heterocycles. The van der Waals surface area contributed by atoms with Crippen molar-refractivity contribution in [3.05, 3.63) is 65.9 Å². The maximum atomic E-state index is 12.3. The molecule has 0 fully saturated rings. The van der Waals surface area contributed by atoms with Gasteiger partial charge in [-0.15, -0.1) is 0 Å². The molecule has 6 heteroatoms. The van der Waals surface area contributed by atoms with Gasteiger partial charge < -0.3 is 10.3 Å². The largest absolute Gasteiger partial charge is 0.360 e. The lowest BCUT2D eigenvalue weighted by atomic mass is 10.0. The Balaban J connectivity index is 1.57. The van der Waals surface area contributed by atoms with Crippen molar-refractivity contribution in [2.45, 2.75) is 19.8 Å². The number of aromatic amines is 1. The summed E-state index contributed by atoms with van der Waals surface area (Å²) in [5, 5.41) is 4.23. The second kappa shape index (κ2) is 7.36. The van der Waals surface area contributed by atoms with Crippen molar-refractivity contribution >= 4 is 39.8 Å². The zero-order valence-corrected chi connectivity index (χ0v) is 14.9. The van der Waals surface area contributed by atoms with Crippen LogP contribution in [-0.2, 0) is 0 Å². The van der Waals surface area contributed by atoms with Gasteiger partial charge in [0.15, 0.2) is 5.11 Å². The Morgan fingerprint density at radius 1 is 1.04 bits per heavy atom. The summed E-state index contributed by atoms with van der Waals surface area (Å²) < 4.78 is 0. The summed E-state index contributed by atoms with van der Waals surface area (Å²) in [6, 6.07) is 15.7. The number of amides is 1. The van der Waals surface area contributed by atoms with Crippen molar-refractivity contribution in [1.82, 2.24) is 15.8 Å². The molecule has 0 atom stereocenters. The van der Waals surface area contributed by atoms with Gasteiger partial charge in [-0.25, -0.2) is 0 Å². The second-order valence-corrected chi connectivity index (χ2v) is 6.47. The van der Waals surface area contributed by atoms with Crippen LogP contribution in [0.1, 0.15) is 35.7 Å². The molecule has 1 aromatic heterocycles. The van der Waals surface area contributed by atoms with Gasteiger partial charge in [0.05, 0.1) is 5.56 Å². The number of carbonyl (C=O) groups is 1. The first-order chi connectivity index (χ1) is 12.0. The standard InChI is InChI=1S/C19H20N4OS/c1-12(2)13-7-9-14(10-8-13)21-19(25)23-22-18(24)16-11-20-17-6-4-3-5-15(16)17/h3-12,20H,1-2H3,(H,22,24)(H2,21,23,25). The van der Waals surface area contributed by atoms with Crippen molar-refractivity contribution in [2.75, 3.05) is 5.32 Å². The van der Waals surface area contributed by atoms with E-state index in [1.54, 1.807) is 6.20 Å². The Kier molecular flexibility index (Phi) is 5.00. The molecule has 0 saturated heterocycles. The first-order valence-corrected chi connectivity index (χ1v) is 8.49. The molecule has 5 nitrogen and oxygen atoms in total. The molecule has 0 spiro atoms. The van der Waals surface area contributed by atoms with Gasteiger partial charge in [0, 0.05) is 22.8 Å². The molecule has 0 aliphatic rings. The number of fused-ring (bicyclic) bond motifs is 1. The van der Waals surface area contributed by atoms with Crippen molar-refractivity contribution in [2.24, 2.45) is 0 Å². The van der Waals surface area contributed by atoms with Gasteiger partial charge in [-0.1, -0.05) is 44.2 Å². The number of carbonyl (C=O) groups excluding carboxylic acids is 1. The predicted octanol–water partition coefficient (Wildman–Crippen LogP) is 3.92. The lowest BCUT2D eigenvalue weighted by Gasteiger charge is -2.12. The highest BCUT2D eigenvalue weighted by Gasteiger charge is 2.11. The fourth-order valence-corrected chi connectivity index (χ4v) is 2.72. The van der Waals surface area contributed by atoms with Crippen molar-refractivity contribution < 1.29 is 4.79 Å². The number of hydrogen-bond acceptors (Lipinski definition) is 2. The fourth-order valence-electron chi connectivity index (χ4n) is 2.55. The Morgan fingerprint density at radius 2 is 1.76 bits per heavy atom. The van der Waals surface area contributed by atoms with E-state index >= 15 is 0 Å². The monoisotopic (exact) mass is 352 g/mol. The van der Waals surface area contributed by atoms with Gasteiger partial charge in [0.2, 0.25) is 0 Å². The van der Waals surface area contributed by atoms with Crippen LogP contribution in [0.5, 0.6) is 0 Å². The third-order valence-corrected chi connectivity index (χ3v) is 4.16. The van der Waals surface area contributed by atoms with Crippen LogP contribution in [0.3, 0.4) is 0 Å². The molecule has 0 radical (unpaired) electrons. The van der Waals surface area contributed by atoms with Crippen LogP contribution in [0.15, 0.2) is 54.7 Å². The predicted molar refractivity (Wildman–Crippen MR) is 106 cm³/mol. The van der Waals surface area contributed by atoms with Gasteiger partial charge in [-0.3, -0.25) is 15.6 Å². The van der Waals surface area contributed by atoms with Crippen molar-refractivity contribution in [3.63, 3.8) is 0 Å². The first kappa shape index (κ1) is 17.0. The van der Waals surface area contributed by atoms with E-state index in [-0.39, 0.29) is 5.91 Å². The van der Waals surface area contributed by atoms with Crippen LogP contribution in [0.2, 0.25) is 0 Å². The molecule has 0 saturated carbocycles. The van der Waals surface area contributed by atoms with Gasteiger partial charge in [0.25, 0.3) is 5.91 Å². The number of rotatable bonds is 3. The minimum absolute atomic E-state index is 0.253. The van der Waals surface area contributed by atoms with Crippen LogP contribution in [0.4, 0.5) is 5.69 Å². The number of hydrogen-bond donors (Lipinski definition) is 4. The quantitative estimate of drug-likeness (QED) is 0.426. The molecule has 1 amide bonds. The van der Waals surface area contributed by atoms with E-state index in [0.717, 1.165) is 16.6 Å². The van der Waals surface area contributed by atoms with E-state index in [9.17, 15) is 4.79 Å². The van der Waals surface area contributed by atoms with E-state index in [4.69, 9.17) is 12.2 Å². The zero-order valence-electron chi connectivity index (χ0n) is 14.1. The normalized spacial score (nSPS) is 10.7. The lowest BCUT2D eigenvalue weighted by molar-refractivity contribution is 0.0946. The number of nitrogens with one attached hydrogen (secondary N) is 4. The zero-order chi connectivity index (χ0) is 17.8. The average molecular weight is 352 g/mol. The molecule has 0 unspecified atom stereocenters. The number of para-hydroxylation sites is 1. The highest BCUT2D eigenvalue weighted by atomic mass is 32.1. The van der Waals surface area contributed by atoms with Gasteiger partial charge in [-0.05, 0) is 41.9 Å². The molecule has 3 aromatic rings. The van der Waals surface area contributed by atoms with Crippen LogP contribution in [0, 0.1) is 0 Å². The van der Waals surface area contributed by atoms with Crippen LogP contribution >= 0.6 is 12.2 Å². The highest BCUT2D eigenvalue weighted by molar-refractivity contribution is 7.80. The summed E-state index contributed by atoms with van der Waals surface area (Å²) in [5.74, 6) is 0.228. The molecule has 0 aliphatic carbocycles. The Labute approximate surface area is 151 Å². The highest BCUT2D eigenvalue weighted by Crippen LogP contribution is 2.18. The topological polar surface area (TPSA) is 68.9 Å². The SMILES string of the molecule is CC(C)c1ccc(NC(=S)NNC(=O)c2c[nH]c3ccccc23)cc1. The maximum Gasteiger partial charge on any atom is 0.271 e. The third-order valence-electron chi connectivity index (χ3n) is 3.96. The molecule has 1 heterocycles. The van der Waals surface area contributed by atoms with E-state index in [0.29, 0.717) is 16.6 Å².